The molecule has 1 fully saturated rings. The lowest BCUT2D eigenvalue weighted by Gasteiger charge is -2.04. The van der Waals surface area contributed by atoms with Crippen LogP contribution in [0, 0.1) is 13.8 Å². The van der Waals surface area contributed by atoms with Gasteiger partial charge in [0, 0.05) is 25.7 Å². The van der Waals surface area contributed by atoms with Crippen LogP contribution in [0.15, 0.2) is 24.5 Å². The predicted molar refractivity (Wildman–Crippen MR) is 100 cm³/mol. The van der Waals surface area contributed by atoms with Crippen LogP contribution < -0.4 is 0 Å². The average molecular weight is 362 g/mol. The van der Waals surface area contributed by atoms with Crippen molar-refractivity contribution in [1.29, 1.82) is 0 Å². The Kier molecular flexibility index (Phi) is 3.43. The fourth-order valence-electron chi connectivity index (χ4n) is 3.80. The molecule has 0 bridgehead atoms. The van der Waals surface area contributed by atoms with Crippen molar-refractivity contribution in [2.45, 2.75) is 45.6 Å². The van der Waals surface area contributed by atoms with E-state index in [0.29, 0.717) is 11.8 Å². The van der Waals surface area contributed by atoms with E-state index in [0.717, 1.165) is 47.1 Å². The Hall–Kier alpha value is -3.03. The molecule has 4 aromatic rings. The van der Waals surface area contributed by atoms with Crippen molar-refractivity contribution in [3.63, 3.8) is 0 Å². The minimum atomic E-state index is 0.459. The highest BCUT2D eigenvalue weighted by Gasteiger charge is 2.42. The quantitative estimate of drug-likeness (QED) is 0.558. The number of aromatic nitrogens is 8. The van der Waals surface area contributed by atoms with Crippen molar-refractivity contribution in [1.82, 2.24) is 39.4 Å². The number of rotatable bonds is 4. The van der Waals surface area contributed by atoms with E-state index in [4.69, 9.17) is 10.2 Å². The summed E-state index contributed by atoms with van der Waals surface area (Å²) in [5.41, 5.74) is 6.19. The van der Waals surface area contributed by atoms with Crippen molar-refractivity contribution in [3.05, 3.63) is 47.2 Å². The third-order valence-electron chi connectivity index (χ3n) is 5.45. The molecule has 2 unspecified atom stereocenters. The van der Waals surface area contributed by atoms with Gasteiger partial charge in [0.25, 0.3) is 0 Å². The van der Waals surface area contributed by atoms with Crippen LogP contribution in [0.25, 0.3) is 17.0 Å². The van der Waals surface area contributed by atoms with E-state index in [1.165, 1.54) is 5.56 Å². The topological polar surface area (TPSA) is 78.7 Å². The molecule has 27 heavy (non-hydrogen) atoms. The largest absolute Gasteiger partial charge is 0.273 e. The Labute approximate surface area is 156 Å². The molecule has 0 radical (unpaired) electrons. The number of aryl methyl sites for hydroxylation is 4. The van der Waals surface area contributed by atoms with Crippen molar-refractivity contribution in [3.8, 4) is 11.4 Å². The van der Waals surface area contributed by atoms with Crippen LogP contribution in [0.5, 0.6) is 0 Å². The molecule has 0 N–H and O–H groups in total. The van der Waals surface area contributed by atoms with Crippen molar-refractivity contribution < 1.29 is 0 Å². The summed E-state index contributed by atoms with van der Waals surface area (Å²) >= 11 is 0. The Morgan fingerprint density at radius 3 is 2.74 bits per heavy atom. The summed E-state index contributed by atoms with van der Waals surface area (Å²) in [4.78, 5) is 0. The lowest BCUT2D eigenvalue weighted by atomic mass is 10.1. The van der Waals surface area contributed by atoms with Crippen LogP contribution >= 0.6 is 0 Å². The third-order valence-corrected chi connectivity index (χ3v) is 5.45. The molecule has 0 aliphatic heterocycles. The predicted octanol–water partition coefficient (Wildman–Crippen LogP) is 2.63. The van der Waals surface area contributed by atoms with E-state index in [2.05, 4.69) is 40.5 Å². The van der Waals surface area contributed by atoms with Crippen molar-refractivity contribution >= 4 is 5.65 Å². The highest BCUT2D eigenvalue weighted by Crippen LogP contribution is 2.54. The van der Waals surface area contributed by atoms with Crippen molar-refractivity contribution in [2.24, 2.45) is 7.05 Å². The summed E-state index contributed by atoms with van der Waals surface area (Å²) in [6, 6.07) is 4.22. The van der Waals surface area contributed by atoms with Gasteiger partial charge >= 0.3 is 0 Å². The monoisotopic (exact) mass is 362 g/mol. The summed E-state index contributed by atoms with van der Waals surface area (Å²) in [6.45, 7) is 6.96. The molecule has 138 valence electrons. The zero-order valence-corrected chi connectivity index (χ0v) is 16.0. The normalized spacial score (nSPS) is 19.1. The van der Waals surface area contributed by atoms with Gasteiger partial charge in [-0.1, -0.05) is 0 Å². The van der Waals surface area contributed by atoms with Crippen LogP contribution in [0.4, 0.5) is 0 Å². The van der Waals surface area contributed by atoms with Gasteiger partial charge in [-0.25, -0.2) is 0 Å². The highest BCUT2D eigenvalue weighted by atomic mass is 15.4. The Morgan fingerprint density at radius 1 is 1.11 bits per heavy atom. The van der Waals surface area contributed by atoms with Gasteiger partial charge < -0.3 is 0 Å². The molecule has 1 aliphatic carbocycles. The summed E-state index contributed by atoms with van der Waals surface area (Å²) in [5, 5.41) is 22.2. The van der Waals surface area contributed by atoms with Gasteiger partial charge in [-0.15, -0.1) is 10.2 Å². The molecule has 8 heteroatoms. The average Bonchev–Trinajstić information content (AvgIpc) is 2.98. The summed E-state index contributed by atoms with van der Waals surface area (Å²) < 4.78 is 5.71. The molecule has 5 rings (SSSR count). The number of hydrogen-bond donors (Lipinski definition) is 0. The molecular formula is C19H22N8. The van der Waals surface area contributed by atoms with Gasteiger partial charge in [-0.3, -0.25) is 9.36 Å². The maximum Gasteiger partial charge on any atom is 0.180 e. The SMILES string of the molecule is CCn1cc(C2CC2c2cc(-c3cc(C)c4nnc(C)n4n3)n(C)n2)cn1. The van der Waals surface area contributed by atoms with Gasteiger partial charge in [0.2, 0.25) is 0 Å². The van der Waals surface area contributed by atoms with Crippen LogP contribution in [-0.4, -0.2) is 39.4 Å². The number of hydrogen-bond acceptors (Lipinski definition) is 5. The molecule has 1 aliphatic rings. The Balaban J connectivity index is 1.48. The smallest absolute Gasteiger partial charge is 0.180 e. The van der Waals surface area contributed by atoms with E-state index in [1.807, 2.05) is 36.5 Å². The molecule has 4 aromatic heterocycles. The van der Waals surface area contributed by atoms with Gasteiger partial charge in [0.1, 0.15) is 5.69 Å². The van der Waals surface area contributed by atoms with E-state index in [9.17, 15) is 0 Å². The lowest BCUT2D eigenvalue weighted by molar-refractivity contribution is 0.659. The standard InChI is InChI=1S/C19H22N8/c1-5-26-10-13(9-20-26)14-7-15(14)16-8-18(25(4)23-16)17-6-11(2)19-22-21-12(3)27(19)24-17/h6,8-10,14-15H,5,7H2,1-4H3. The first-order valence-corrected chi connectivity index (χ1v) is 9.31. The minimum absolute atomic E-state index is 0.459. The Morgan fingerprint density at radius 2 is 1.96 bits per heavy atom. The molecule has 0 aromatic carbocycles. The second kappa shape index (κ2) is 5.73. The third kappa shape index (κ3) is 2.55. The number of fused-ring (bicyclic) bond motifs is 1. The van der Waals surface area contributed by atoms with Gasteiger partial charge in [0.15, 0.2) is 11.5 Å². The first kappa shape index (κ1) is 16.2. The van der Waals surface area contributed by atoms with E-state index in [-0.39, 0.29) is 0 Å². The maximum absolute atomic E-state index is 4.78. The second-order valence-corrected chi connectivity index (χ2v) is 7.35. The van der Waals surface area contributed by atoms with Gasteiger partial charge in [-0.2, -0.15) is 19.8 Å². The van der Waals surface area contributed by atoms with Gasteiger partial charge in [-0.05, 0) is 56.4 Å². The zero-order valence-electron chi connectivity index (χ0n) is 16.0. The fourth-order valence-corrected chi connectivity index (χ4v) is 3.80. The van der Waals surface area contributed by atoms with E-state index >= 15 is 0 Å². The van der Waals surface area contributed by atoms with Crippen LogP contribution in [0.3, 0.4) is 0 Å². The molecular weight excluding hydrogens is 340 g/mol. The lowest BCUT2D eigenvalue weighted by Crippen LogP contribution is -2.02. The Bertz CT molecular complexity index is 1150. The maximum atomic E-state index is 4.78. The number of nitrogens with zero attached hydrogens (tertiary/aromatic N) is 8. The zero-order chi connectivity index (χ0) is 18.7. The molecule has 0 saturated heterocycles. The molecule has 8 nitrogen and oxygen atoms in total. The first-order valence-electron chi connectivity index (χ1n) is 9.31. The second-order valence-electron chi connectivity index (χ2n) is 7.35. The molecule has 2 atom stereocenters. The summed E-state index contributed by atoms with van der Waals surface area (Å²) in [6.07, 6.45) is 5.27. The summed E-state index contributed by atoms with van der Waals surface area (Å²) in [7, 11) is 1.98. The molecule has 0 amide bonds. The van der Waals surface area contributed by atoms with E-state index < -0.39 is 0 Å². The van der Waals surface area contributed by atoms with E-state index in [1.54, 1.807) is 4.52 Å². The first-order chi connectivity index (χ1) is 13.0. The van der Waals surface area contributed by atoms with Crippen LogP contribution in [0.2, 0.25) is 0 Å². The highest BCUT2D eigenvalue weighted by molar-refractivity contribution is 5.60. The summed E-state index contributed by atoms with van der Waals surface area (Å²) in [5.74, 6) is 1.76. The van der Waals surface area contributed by atoms with Crippen molar-refractivity contribution in [2.75, 3.05) is 0 Å². The van der Waals surface area contributed by atoms with Gasteiger partial charge in [0.05, 0.1) is 17.6 Å². The molecule has 0 spiro atoms. The molecule has 4 heterocycles. The van der Waals surface area contributed by atoms with Crippen LogP contribution in [0.1, 0.15) is 47.8 Å². The van der Waals surface area contributed by atoms with Crippen LogP contribution in [-0.2, 0) is 13.6 Å². The fraction of sp³-hybridized carbons (Fsp3) is 0.421. The molecule has 1 saturated carbocycles. The minimum Gasteiger partial charge on any atom is -0.273 e.